The van der Waals surface area contributed by atoms with Crippen LogP contribution in [0.3, 0.4) is 0 Å². The standard InChI is InChI=1S/C31H30N8O5/c1-4-27(40)35-22-6-5-7-23(16-22)39-28-20(19-38(31(39)42)14-15-43-3)18-34-30(37-28)36-21-8-10-24(11-9-21)44-25-12-13-33-26(17-25)29(41)32-2/h4-13,16-18H,1,14-15,19H2,2-3H3,(H,32,41)(H,35,40)(H,34,36,37). The summed E-state index contributed by atoms with van der Waals surface area (Å²) in [5, 5.41) is 8.43. The molecule has 3 N–H and O–H groups in total. The molecule has 0 saturated heterocycles. The van der Waals surface area contributed by atoms with Crippen LogP contribution in [0, 0.1) is 0 Å². The molecule has 0 spiro atoms. The van der Waals surface area contributed by atoms with E-state index in [1.54, 1.807) is 78.9 Å². The molecule has 0 unspecified atom stereocenters. The van der Waals surface area contributed by atoms with Crippen LogP contribution in [0.2, 0.25) is 0 Å². The van der Waals surface area contributed by atoms with Gasteiger partial charge in [0.05, 0.1) is 18.8 Å². The topological polar surface area (TPSA) is 151 Å². The van der Waals surface area contributed by atoms with Crippen LogP contribution in [0.15, 0.2) is 85.7 Å². The van der Waals surface area contributed by atoms with Gasteiger partial charge in [-0.1, -0.05) is 12.6 Å². The van der Waals surface area contributed by atoms with Crippen LogP contribution >= 0.6 is 0 Å². The Morgan fingerprint density at radius 2 is 1.86 bits per heavy atom. The van der Waals surface area contributed by atoms with Crippen molar-refractivity contribution in [2.75, 3.05) is 42.8 Å². The molecule has 3 heterocycles. The van der Waals surface area contributed by atoms with Gasteiger partial charge in [0.15, 0.2) is 5.82 Å². The van der Waals surface area contributed by atoms with Gasteiger partial charge in [0, 0.05) is 56.1 Å². The van der Waals surface area contributed by atoms with Gasteiger partial charge in [-0.2, -0.15) is 4.98 Å². The first-order valence-corrected chi connectivity index (χ1v) is 13.6. The fourth-order valence-corrected chi connectivity index (χ4v) is 4.39. The predicted molar refractivity (Wildman–Crippen MR) is 165 cm³/mol. The lowest BCUT2D eigenvalue weighted by molar-refractivity contribution is -0.111. The summed E-state index contributed by atoms with van der Waals surface area (Å²) >= 11 is 0. The molecule has 0 aliphatic carbocycles. The van der Waals surface area contributed by atoms with Crippen molar-refractivity contribution < 1.29 is 23.9 Å². The largest absolute Gasteiger partial charge is 0.457 e. The predicted octanol–water partition coefficient (Wildman–Crippen LogP) is 4.61. The van der Waals surface area contributed by atoms with Gasteiger partial charge in [0.2, 0.25) is 11.9 Å². The molecular formula is C31H30N8O5. The molecule has 2 aromatic carbocycles. The SMILES string of the molecule is C=CC(=O)Nc1cccc(N2C(=O)N(CCOC)Cc3cnc(Nc4ccc(Oc5ccnc(C(=O)NC)c5)cc4)nc32)c1. The molecule has 4 aromatic rings. The van der Waals surface area contributed by atoms with Crippen LogP contribution in [0.5, 0.6) is 11.5 Å². The monoisotopic (exact) mass is 594 g/mol. The minimum atomic E-state index is -0.367. The van der Waals surface area contributed by atoms with Crippen molar-refractivity contribution in [2.45, 2.75) is 6.54 Å². The number of amides is 4. The second kappa shape index (κ2) is 13.4. The molecule has 0 fully saturated rings. The van der Waals surface area contributed by atoms with E-state index >= 15 is 0 Å². The summed E-state index contributed by atoms with van der Waals surface area (Å²) in [6, 6.07) is 16.9. The van der Waals surface area contributed by atoms with Crippen LogP contribution < -0.4 is 25.6 Å². The first-order chi connectivity index (χ1) is 21.4. The lowest BCUT2D eigenvalue weighted by Crippen LogP contribution is -2.46. The van der Waals surface area contributed by atoms with Crippen molar-refractivity contribution >= 4 is 46.7 Å². The van der Waals surface area contributed by atoms with Crippen LogP contribution in [0.4, 0.5) is 33.6 Å². The summed E-state index contributed by atoms with van der Waals surface area (Å²) in [5.41, 5.74) is 2.69. The number of anilines is 5. The number of urea groups is 1. The molecule has 1 aliphatic heterocycles. The normalized spacial score (nSPS) is 12.3. The molecule has 1 aliphatic rings. The van der Waals surface area contributed by atoms with Gasteiger partial charge in [-0.25, -0.2) is 14.7 Å². The van der Waals surface area contributed by atoms with Gasteiger partial charge < -0.3 is 30.3 Å². The van der Waals surface area contributed by atoms with E-state index in [1.807, 2.05) is 0 Å². The summed E-state index contributed by atoms with van der Waals surface area (Å²) < 4.78 is 11.1. The maximum Gasteiger partial charge on any atom is 0.330 e. The summed E-state index contributed by atoms with van der Waals surface area (Å²) in [5.74, 6) is 1.03. The number of aromatic nitrogens is 3. The van der Waals surface area contributed by atoms with Crippen molar-refractivity contribution in [2.24, 2.45) is 0 Å². The molecule has 0 saturated carbocycles. The number of nitrogens with one attached hydrogen (secondary N) is 3. The molecule has 0 radical (unpaired) electrons. The number of carbonyl (C=O) groups excluding carboxylic acids is 3. The Kier molecular flexibility index (Phi) is 9.06. The number of ether oxygens (including phenoxy) is 2. The number of rotatable bonds is 11. The highest BCUT2D eigenvalue weighted by Gasteiger charge is 2.33. The first kappa shape index (κ1) is 29.7. The van der Waals surface area contributed by atoms with Crippen molar-refractivity contribution in [1.82, 2.24) is 25.2 Å². The van der Waals surface area contributed by atoms with E-state index in [4.69, 9.17) is 14.5 Å². The molecule has 0 bridgehead atoms. The van der Waals surface area contributed by atoms with Crippen LogP contribution in [-0.2, 0) is 16.1 Å². The third-order valence-electron chi connectivity index (χ3n) is 6.54. The highest BCUT2D eigenvalue weighted by Crippen LogP contribution is 2.35. The second-order valence-electron chi connectivity index (χ2n) is 9.53. The number of pyridine rings is 1. The molecular weight excluding hydrogens is 564 g/mol. The molecule has 0 atom stereocenters. The molecule has 44 heavy (non-hydrogen) atoms. The molecule has 4 amide bonds. The quantitative estimate of drug-likeness (QED) is 0.212. The lowest BCUT2D eigenvalue weighted by Gasteiger charge is -2.36. The lowest BCUT2D eigenvalue weighted by atomic mass is 10.1. The molecule has 13 heteroatoms. The summed E-state index contributed by atoms with van der Waals surface area (Å²) in [6.45, 7) is 4.53. The number of hydrogen-bond donors (Lipinski definition) is 3. The number of hydrogen-bond acceptors (Lipinski definition) is 9. The summed E-state index contributed by atoms with van der Waals surface area (Å²) in [7, 11) is 3.11. The molecule has 13 nitrogen and oxygen atoms in total. The smallest absolute Gasteiger partial charge is 0.330 e. The number of fused-ring (bicyclic) bond motifs is 1. The second-order valence-corrected chi connectivity index (χ2v) is 9.53. The van der Waals surface area contributed by atoms with E-state index in [2.05, 4.69) is 32.5 Å². The molecule has 2 aromatic heterocycles. The van der Waals surface area contributed by atoms with Gasteiger partial charge >= 0.3 is 6.03 Å². The van der Waals surface area contributed by atoms with Crippen molar-refractivity contribution in [3.8, 4) is 11.5 Å². The van der Waals surface area contributed by atoms with E-state index in [-0.39, 0.29) is 29.5 Å². The van der Waals surface area contributed by atoms with Gasteiger partial charge in [0.25, 0.3) is 5.91 Å². The molecule has 224 valence electrons. The van der Waals surface area contributed by atoms with E-state index in [0.29, 0.717) is 54.1 Å². The number of carbonyl (C=O) groups is 3. The Morgan fingerprint density at radius 1 is 1.05 bits per heavy atom. The highest BCUT2D eigenvalue weighted by atomic mass is 16.5. The number of benzene rings is 2. The average Bonchev–Trinajstić information content (AvgIpc) is 3.04. The van der Waals surface area contributed by atoms with Gasteiger partial charge in [-0.3, -0.25) is 14.6 Å². The Bertz CT molecular complexity index is 1690. The van der Waals surface area contributed by atoms with Crippen LogP contribution in [0.25, 0.3) is 0 Å². The van der Waals surface area contributed by atoms with Gasteiger partial charge in [0.1, 0.15) is 17.2 Å². The van der Waals surface area contributed by atoms with Crippen molar-refractivity contribution in [3.63, 3.8) is 0 Å². The van der Waals surface area contributed by atoms with Gasteiger partial charge in [-0.05, 0) is 54.6 Å². The third kappa shape index (κ3) is 6.79. The Labute approximate surface area is 253 Å². The van der Waals surface area contributed by atoms with E-state index < -0.39 is 0 Å². The Morgan fingerprint density at radius 3 is 2.61 bits per heavy atom. The maximum atomic E-state index is 13.7. The molecule has 5 rings (SSSR count). The zero-order valence-corrected chi connectivity index (χ0v) is 24.1. The fourth-order valence-electron chi connectivity index (χ4n) is 4.39. The average molecular weight is 595 g/mol. The van der Waals surface area contributed by atoms with E-state index in [1.165, 1.54) is 24.2 Å². The Balaban J connectivity index is 1.39. The Hall–Kier alpha value is -5.82. The minimum Gasteiger partial charge on any atom is -0.457 e. The van der Waals surface area contributed by atoms with Crippen molar-refractivity contribution in [3.05, 3.63) is 97.0 Å². The zero-order valence-electron chi connectivity index (χ0n) is 24.1. The fraction of sp³-hybridized carbons (Fsp3) is 0.161. The van der Waals surface area contributed by atoms with Crippen LogP contribution in [0.1, 0.15) is 16.1 Å². The van der Waals surface area contributed by atoms with Crippen LogP contribution in [-0.4, -0.2) is 65.0 Å². The van der Waals surface area contributed by atoms with Crippen molar-refractivity contribution in [1.29, 1.82) is 0 Å². The first-order valence-electron chi connectivity index (χ1n) is 13.6. The highest BCUT2D eigenvalue weighted by molar-refractivity contribution is 6.03. The van der Waals surface area contributed by atoms with Gasteiger partial charge in [-0.15, -0.1) is 0 Å². The summed E-state index contributed by atoms with van der Waals surface area (Å²) in [4.78, 5) is 53.8. The minimum absolute atomic E-state index is 0.246. The van der Waals surface area contributed by atoms with E-state index in [9.17, 15) is 14.4 Å². The maximum absolute atomic E-state index is 13.7. The zero-order chi connectivity index (χ0) is 31.1. The third-order valence-corrected chi connectivity index (χ3v) is 6.54. The summed E-state index contributed by atoms with van der Waals surface area (Å²) in [6.07, 6.45) is 4.35. The number of methoxy groups -OCH3 is 1. The van der Waals surface area contributed by atoms with E-state index in [0.717, 1.165) is 5.56 Å². The number of nitrogens with zero attached hydrogens (tertiary/aromatic N) is 5.